The van der Waals surface area contributed by atoms with Gasteiger partial charge < -0.3 is 15.5 Å². The van der Waals surface area contributed by atoms with Gasteiger partial charge in [0.2, 0.25) is 0 Å². The summed E-state index contributed by atoms with van der Waals surface area (Å²) in [5.41, 5.74) is 3.44. The smallest absolute Gasteiger partial charge is 0.187 e. The van der Waals surface area contributed by atoms with E-state index in [0.717, 1.165) is 49.1 Å². The number of thiazole rings is 1. The molecule has 1 aromatic heterocycles. The number of aromatic nitrogens is 1. The molecule has 0 radical (unpaired) electrons. The highest BCUT2D eigenvalue weighted by molar-refractivity contribution is 7.13. The normalized spacial score (nSPS) is 10.7. The Hall–Kier alpha value is -1.59. The van der Waals surface area contributed by atoms with E-state index in [1.165, 1.54) is 5.69 Å². The third kappa shape index (κ3) is 4.71. The zero-order valence-corrected chi connectivity index (χ0v) is 14.5. The highest BCUT2D eigenvalue weighted by Gasteiger charge is 2.04. The number of nitrogens with zero attached hydrogens (tertiary/aromatic N) is 2. The number of hydrogen-bond acceptors (Lipinski definition) is 5. The van der Waals surface area contributed by atoms with Crippen LogP contribution in [0.4, 0.5) is 16.5 Å². The van der Waals surface area contributed by atoms with E-state index in [-0.39, 0.29) is 0 Å². The zero-order valence-electron chi connectivity index (χ0n) is 13.7. The molecule has 0 aliphatic rings. The summed E-state index contributed by atoms with van der Waals surface area (Å²) in [7, 11) is 0. The average molecular weight is 318 g/mol. The minimum atomic E-state index is 0.840. The first kappa shape index (κ1) is 16.8. The maximum absolute atomic E-state index is 4.60. The van der Waals surface area contributed by atoms with E-state index in [9.17, 15) is 0 Å². The molecular formula is C17H26N4S. The monoisotopic (exact) mass is 318 g/mol. The lowest BCUT2D eigenvalue weighted by molar-refractivity contribution is 0.667. The number of benzene rings is 1. The molecule has 0 saturated carbocycles. The Morgan fingerprint density at radius 2 is 1.82 bits per heavy atom. The molecular weight excluding hydrogens is 292 g/mol. The number of anilines is 3. The molecule has 1 aromatic carbocycles. The van der Waals surface area contributed by atoms with Crippen LogP contribution in [0.5, 0.6) is 0 Å². The molecule has 5 heteroatoms. The summed E-state index contributed by atoms with van der Waals surface area (Å²) in [5, 5.41) is 9.80. The average Bonchev–Trinajstić information content (AvgIpc) is 2.98. The van der Waals surface area contributed by atoms with Crippen LogP contribution >= 0.6 is 11.3 Å². The van der Waals surface area contributed by atoms with E-state index >= 15 is 0 Å². The van der Waals surface area contributed by atoms with Gasteiger partial charge in [-0.2, -0.15) is 0 Å². The van der Waals surface area contributed by atoms with Crippen LogP contribution in [0.2, 0.25) is 0 Å². The Labute approximate surface area is 137 Å². The number of rotatable bonds is 9. The fourth-order valence-corrected chi connectivity index (χ4v) is 3.04. The molecule has 120 valence electrons. The lowest BCUT2D eigenvalue weighted by Crippen LogP contribution is -2.21. The quantitative estimate of drug-likeness (QED) is 0.679. The second-order valence-electron chi connectivity index (χ2n) is 5.16. The Kier molecular flexibility index (Phi) is 6.68. The van der Waals surface area contributed by atoms with E-state index in [2.05, 4.69) is 70.9 Å². The van der Waals surface area contributed by atoms with Gasteiger partial charge >= 0.3 is 0 Å². The molecule has 2 rings (SSSR count). The Morgan fingerprint density at radius 3 is 2.45 bits per heavy atom. The van der Waals surface area contributed by atoms with E-state index in [1.807, 2.05) is 0 Å². The van der Waals surface area contributed by atoms with Crippen molar-refractivity contribution in [1.29, 1.82) is 0 Å². The van der Waals surface area contributed by atoms with Gasteiger partial charge in [-0.25, -0.2) is 4.98 Å². The first-order valence-corrected chi connectivity index (χ1v) is 8.91. The van der Waals surface area contributed by atoms with Gasteiger partial charge in [-0.1, -0.05) is 6.92 Å². The van der Waals surface area contributed by atoms with Gasteiger partial charge in [0.15, 0.2) is 5.13 Å². The maximum atomic E-state index is 4.60. The van der Waals surface area contributed by atoms with Crippen LogP contribution in [0.3, 0.4) is 0 Å². The third-order valence-electron chi connectivity index (χ3n) is 3.53. The molecule has 0 aliphatic heterocycles. The van der Waals surface area contributed by atoms with E-state index < -0.39 is 0 Å². The molecule has 0 amide bonds. The topological polar surface area (TPSA) is 40.2 Å². The standard InChI is InChI=1S/C17H26N4S/c1-4-11-18-12-15-13-22-17(20-15)19-14-7-9-16(10-8-14)21(5-2)6-3/h7-10,13,18H,4-6,11-12H2,1-3H3,(H,19,20). The molecule has 0 unspecified atom stereocenters. The lowest BCUT2D eigenvalue weighted by atomic mass is 10.2. The molecule has 0 saturated heterocycles. The SMILES string of the molecule is CCCNCc1csc(Nc2ccc(N(CC)CC)cc2)n1. The molecule has 22 heavy (non-hydrogen) atoms. The summed E-state index contributed by atoms with van der Waals surface area (Å²) < 4.78 is 0. The Morgan fingerprint density at radius 1 is 1.09 bits per heavy atom. The lowest BCUT2D eigenvalue weighted by Gasteiger charge is -2.21. The largest absolute Gasteiger partial charge is 0.372 e. The Balaban J connectivity index is 1.93. The van der Waals surface area contributed by atoms with Gasteiger partial charge in [0.25, 0.3) is 0 Å². The first-order valence-electron chi connectivity index (χ1n) is 8.04. The van der Waals surface area contributed by atoms with Gasteiger partial charge in [-0.15, -0.1) is 11.3 Å². The van der Waals surface area contributed by atoms with Crippen molar-refractivity contribution in [2.75, 3.05) is 29.9 Å². The van der Waals surface area contributed by atoms with Crippen molar-refractivity contribution in [3.63, 3.8) is 0 Å². The van der Waals surface area contributed by atoms with Gasteiger partial charge in [-0.3, -0.25) is 0 Å². The van der Waals surface area contributed by atoms with Crippen LogP contribution in [-0.4, -0.2) is 24.6 Å². The van der Waals surface area contributed by atoms with Crippen LogP contribution in [0.15, 0.2) is 29.6 Å². The Bertz CT molecular complexity index is 546. The molecule has 0 spiro atoms. The van der Waals surface area contributed by atoms with Crippen molar-refractivity contribution in [1.82, 2.24) is 10.3 Å². The predicted octanol–water partition coefficient (Wildman–Crippen LogP) is 4.23. The molecule has 0 fully saturated rings. The highest BCUT2D eigenvalue weighted by atomic mass is 32.1. The molecule has 4 nitrogen and oxygen atoms in total. The second-order valence-corrected chi connectivity index (χ2v) is 6.02. The molecule has 0 bridgehead atoms. The summed E-state index contributed by atoms with van der Waals surface area (Å²) in [6.07, 6.45) is 1.15. The zero-order chi connectivity index (χ0) is 15.8. The predicted molar refractivity (Wildman–Crippen MR) is 97.4 cm³/mol. The van der Waals surface area contributed by atoms with Crippen molar-refractivity contribution in [3.05, 3.63) is 35.3 Å². The fourth-order valence-electron chi connectivity index (χ4n) is 2.31. The van der Waals surface area contributed by atoms with Crippen molar-refractivity contribution in [2.24, 2.45) is 0 Å². The van der Waals surface area contributed by atoms with Gasteiger partial charge in [0, 0.05) is 36.4 Å². The van der Waals surface area contributed by atoms with Crippen LogP contribution in [-0.2, 0) is 6.54 Å². The van der Waals surface area contributed by atoms with Gasteiger partial charge in [0.05, 0.1) is 5.69 Å². The highest BCUT2D eigenvalue weighted by Crippen LogP contribution is 2.23. The molecule has 2 aromatic rings. The minimum absolute atomic E-state index is 0.840. The second kappa shape index (κ2) is 8.76. The van der Waals surface area contributed by atoms with Crippen LogP contribution in [0.1, 0.15) is 32.9 Å². The molecule has 1 heterocycles. The molecule has 0 atom stereocenters. The fraction of sp³-hybridized carbons (Fsp3) is 0.471. The van der Waals surface area contributed by atoms with Crippen molar-refractivity contribution in [3.8, 4) is 0 Å². The van der Waals surface area contributed by atoms with Gasteiger partial charge in [0.1, 0.15) is 0 Å². The van der Waals surface area contributed by atoms with Crippen molar-refractivity contribution in [2.45, 2.75) is 33.7 Å². The number of hydrogen-bond donors (Lipinski definition) is 2. The first-order chi connectivity index (χ1) is 10.8. The summed E-state index contributed by atoms with van der Waals surface area (Å²) in [5.74, 6) is 0. The van der Waals surface area contributed by atoms with E-state index in [0.29, 0.717) is 0 Å². The van der Waals surface area contributed by atoms with Crippen molar-refractivity contribution < 1.29 is 0 Å². The summed E-state index contributed by atoms with van der Waals surface area (Å²) in [4.78, 5) is 6.94. The van der Waals surface area contributed by atoms with Crippen LogP contribution in [0, 0.1) is 0 Å². The summed E-state index contributed by atoms with van der Waals surface area (Å²) in [6.45, 7) is 10.5. The summed E-state index contributed by atoms with van der Waals surface area (Å²) >= 11 is 1.65. The number of nitrogens with one attached hydrogen (secondary N) is 2. The minimum Gasteiger partial charge on any atom is -0.372 e. The van der Waals surface area contributed by atoms with E-state index in [1.54, 1.807) is 11.3 Å². The van der Waals surface area contributed by atoms with E-state index in [4.69, 9.17) is 0 Å². The molecule has 2 N–H and O–H groups in total. The summed E-state index contributed by atoms with van der Waals surface area (Å²) in [6, 6.07) is 8.55. The third-order valence-corrected chi connectivity index (χ3v) is 4.34. The molecule has 0 aliphatic carbocycles. The maximum Gasteiger partial charge on any atom is 0.187 e. The van der Waals surface area contributed by atoms with Crippen LogP contribution < -0.4 is 15.5 Å². The van der Waals surface area contributed by atoms with Gasteiger partial charge in [-0.05, 0) is 51.1 Å². The van der Waals surface area contributed by atoms with Crippen LogP contribution in [0.25, 0.3) is 0 Å². The van der Waals surface area contributed by atoms with Crippen molar-refractivity contribution >= 4 is 27.8 Å².